The van der Waals surface area contributed by atoms with Gasteiger partial charge in [-0.1, -0.05) is 11.6 Å². The smallest absolute Gasteiger partial charge is 0.328 e. The summed E-state index contributed by atoms with van der Waals surface area (Å²) >= 11 is 6.04. The van der Waals surface area contributed by atoms with E-state index in [4.69, 9.17) is 26.1 Å². The molecule has 0 radical (unpaired) electrons. The molecule has 8 nitrogen and oxygen atoms in total. The van der Waals surface area contributed by atoms with Gasteiger partial charge in [-0.3, -0.25) is 18.7 Å². The maximum atomic E-state index is 13.3. The summed E-state index contributed by atoms with van der Waals surface area (Å²) in [5.41, 5.74) is 0.364. The summed E-state index contributed by atoms with van der Waals surface area (Å²) in [7, 11) is -2.60. The van der Waals surface area contributed by atoms with Crippen molar-refractivity contribution in [3.8, 4) is 11.5 Å². The Labute approximate surface area is 182 Å². The van der Waals surface area contributed by atoms with Crippen LogP contribution in [0, 0.1) is 12.7 Å². The van der Waals surface area contributed by atoms with Crippen LogP contribution in [0.4, 0.5) is 10.1 Å². The predicted octanol–water partition coefficient (Wildman–Crippen LogP) is 4.18. The molecule has 0 aliphatic heterocycles. The summed E-state index contributed by atoms with van der Waals surface area (Å²) in [4.78, 5) is 42.4. The molecule has 0 aliphatic rings. The SMILES string of the molecule is Cc1cc(F)ccc1Oc1cc(Cl)ccc1C(=O)Nc1ccn(COP(O)O)c(=O)c1. The number of nitrogens with one attached hydrogen (secondary N) is 1. The Balaban J connectivity index is 1.82. The van der Waals surface area contributed by atoms with Crippen molar-refractivity contribution >= 4 is 31.8 Å². The molecule has 0 spiro atoms. The normalized spacial score (nSPS) is 10.9. The second-order valence-electron chi connectivity index (χ2n) is 6.34. The first-order valence-corrected chi connectivity index (χ1v) is 10.3. The molecule has 1 amide bonds. The number of anilines is 1. The number of carbonyl (C=O) groups excluding carboxylic acids is 1. The molecular formula is C20H17ClFN2O6P. The highest BCUT2D eigenvalue weighted by atomic mass is 35.5. The number of aromatic nitrogens is 1. The molecule has 2 aromatic carbocycles. The van der Waals surface area contributed by atoms with Gasteiger partial charge in [-0.15, -0.1) is 0 Å². The maximum absolute atomic E-state index is 13.3. The monoisotopic (exact) mass is 466 g/mol. The predicted molar refractivity (Wildman–Crippen MR) is 114 cm³/mol. The van der Waals surface area contributed by atoms with Crippen LogP contribution < -0.4 is 15.6 Å². The van der Waals surface area contributed by atoms with E-state index in [1.165, 1.54) is 48.7 Å². The van der Waals surface area contributed by atoms with Crippen LogP contribution in [-0.2, 0) is 11.3 Å². The molecule has 0 unspecified atom stereocenters. The van der Waals surface area contributed by atoms with Gasteiger partial charge in [0.25, 0.3) is 11.5 Å². The van der Waals surface area contributed by atoms with Crippen LogP contribution in [0.25, 0.3) is 0 Å². The number of carbonyl (C=O) groups is 1. The van der Waals surface area contributed by atoms with Crippen LogP contribution in [0.1, 0.15) is 15.9 Å². The lowest BCUT2D eigenvalue weighted by Crippen LogP contribution is -2.21. The number of pyridine rings is 1. The molecule has 31 heavy (non-hydrogen) atoms. The highest BCUT2D eigenvalue weighted by molar-refractivity contribution is 7.39. The van der Waals surface area contributed by atoms with Gasteiger partial charge in [0, 0.05) is 29.0 Å². The number of hydrogen-bond acceptors (Lipinski definition) is 6. The average molecular weight is 467 g/mol. The summed E-state index contributed by atoms with van der Waals surface area (Å²) in [5, 5.41) is 2.92. The Kier molecular flexibility index (Phi) is 7.37. The minimum atomic E-state index is -2.60. The average Bonchev–Trinajstić information content (AvgIpc) is 2.69. The van der Waals surface area contributed by atoms with Gasteiger partial charge in [-0.05, 0) is 48.9 Å². The van der Waals surface area contributed by atoms with Crippen LogP contribution in [0.2, 0.25) is 5.02 Å². The van der Waals surface area contributed by atoms with E-state index in [9.17, 15) is 14.0 Å². The second-order valence-corrected chi connectivity index (χ2v) is 7.54. The minimum absolute atomic E-state index is 0.145. The van der Waals surface area contributed by atoms with Gasteiger partial charge < -0.3 is 19.8 Å². The zero-order valence-electron chi connectivity index (χ0n) is 16.1. The van der Waals surface area contributed by atoms with Gasteiger partial charge >= 0.3 is 8.60 Å². The Morgan fingerprint density at radius 3 is 2.61 bits per heavy atom. The van der Waals surface area contributed by atoms with Crippen molar-refractivity contribution in [2.24, 2.45) is 0 Å². The maximum Gasteiger partial charge on any atom is 0.328 e. The third kappa shape index (κ3) is 6.10. The van der Waals surface area contributed by atoms with Gasteiger partial charge in [-0.2, -0.15) is 0 Å². The van der Waals surface area contributed by atoms with Crippen LogP contribution >= 0.6 is 20.2 Å². The number of amides is 1. The van der Waals surface area contributed by atoms with Crippen molar-refractivity contribution in [1.29, 1.82) is 0 Å². The summed E-state index contributed by atoms with van der Waals surface area (Å²) in [6.45, 7) is 1.32. The largest absolute Gasteiger partial charge is 0.456 e. The van der Waals surface area contributed by atoms with E-state index in [0.29, 0.717) is 16.3 Å². The molecule has 3 aromatic rings. The van der Waals surface area contributed by atoms with Crippen molar-refractivity contribution in [2.45, 2.75) is 13.7 Å². The summed E-state index contributed by atoms with van der Waals surface area (Å²) in [6, 6.07) is 11.0. The van der Waals surface area contributed by atoms with E-state index in [-0.39, 0.29) is 23.7 Å². The number of halogens is 2. The Bertz CT molecular complexity index is 1170. The van der Waals surface area contributed by atoms with E-state index < -0.39 is 25.9 Å². The lowest BCUT2D eigenvalue weighted by atomic mass is 10.1. The van der Waals surface area contributed by atoms with Crippen molar-refractivity contribution in [3.63, 3.8) is 0 Å². The van der Waals surface area contributed by atoms with Crippen LogP contribution in [0.5, 0.6) is 11.5 Å². The summed E-state index contributed by atoms with van der Waals surface area (Å²) < 4.78 is 24.8. The molecule has 162 valence electrons. The first-order valence-electron chi connectivity index (χ1n) is 8.79. The van der Waals surface area contributed by atoms with Crippen LogP contribution in [0.3, 0.4) is 0 Å². The minimum Gasteiger partial charge on any atom is -0.456 e. The van der Waals surface area contributed by atoms with Crippen LogP contribution in [-0.4, -0.2) is 20.3 Å². The number of benzene rings is 2. The van der Waals surface area contributed by atoms with E-state index in [2.05, 4.69) is 9.84 Å². The van der Waals surface area contributed by atoms with Crippen molar-refractivity contribution in [1.82, 2.24) is 4.57 Å². The highest BCUT2D eigenvalue weighted by Gasteiger charge is 2.16. The Hall–Kier alpha value is -2.81. The van der Waals surface area contributed by atoms with E-state index in [1.54, 1.807) is 6.92 Å². The lowest BCUT2D eigenvalue weighted by molar-refractivity contribution is 0.102. The van der Waals surface area contributed by atoms with Gasteiger partial charge in [-0.25, -0.2) is 4.39 Å². The van der Waals surface area contributed by atoms with E-state index in [0.717, 1.165) is 10.6 Å². The summed E-state index contributed by atoms with van der Waals surface area (Å²) in [5.74, 6) is -0.466. The molecule has 0 fully saturated rings. The molecule has 11 heteroatoms. The van der Waals surface area contributed by atoms with E-state index >= 15 is 0 Å². The third-order valence-corrected chi connectivity index (χ3v) is 4.69. The number of hydrogen-bond donors (Lipinski definition) is 3. The number of ether oxygens (including phenoxy) is 1. The quantitative estimate of drug-likeness (QED) is 0.451. The highest BCUT2D eigenvalue weighted by Crippen LogP contribution is 2.31. The lowest BCUT2D eigenvalue weighted by Gasteiger charge is -2.14. The summed E-state index contributed by atoms with van der Waals surface area (Å²) in [6.07, 6.45) is 1.33. The van der Waals surface area contributed by atoms with Crippen LogP contribution in [0.15, 0.2) is 59.5 Å². The molecule has 0 saturated heterocycles. The number of rotatable bonds is 7. The van der Waals surface area contributed by atoms with Crippen molar-refractivity contribution in [2.75, 3.05) is 5.32 Å². The van der Waals surface area contributed by atoms with Crippen molar-refractivity contribution < 1.29 is 28.2 Å². The molecule has 0 bridgehead atoms. The molecule has 0 atom stereocenters. The number of nitrogens with zero attached hydrogens (tertiary/aromatic N) is 1. The molecule has 0 aliphatic carbocycles. The van der Waals surface area contributed by atoms with Gasteiger partial charge in [0.05, 0.1) is 5.56 Å². The van der Waals surface area contributed by atoms with Gasteiger partial charge in [0.1, 0.15) is 24.0 Å². The molecule has 3 N–H and O–H groups in total. The first-order chi connectivity index (χ1) is 14.7. The Morgan fingerprint density at radius 1 is 1.16 bits per heavy atom. The molecule has 0 saturated carbocycles. The fourth-order valence-corrected chi connectivity index (χ4v) is 3.01. The molecule has 1 aromatic heterocycles. The second kappa shape index (κ2) is 10.00. The van der Waals surface area contributed by atoms with Gasteiger partial charge in [0.15, 0.2) is 0 Å². The number of aryl methyl sites for hydroxylation is 1. The zero-order chi connectivity index (χ0) is 22.5. The topological polar surface area (TPSA) is 110 Å². The Morgan fingerprint density at radius 2 is 1.94 bits per heavy atom. The molecular weight excluding hydrogens is 450 g/mol. The van der Waals surface area contributed by atoms with Gasteiger partial charge in [0.2, 0.25) is 0 Å². The molecule has 1 heterocycles. The standard InChI is InChI=1S/C20H17ClFN2O6P/c1-12-8-14(22)3-5-17(12)30-18-9-13(21)2-4-16(18)20(26)23-15-6-7-24(19(25)10-15)11-29-31(27)28/h2-10,27-28H,11H2,1H3,(H,23,26). The third-order valence-electron chi connectivity index (χ3n) is 4.11. The fourth-order valence-electron chi connectivity index (χ4n) is 2.62. The molecule has 3 rings (SSSR count). The zero-order valence-corrected chi connectivity index (χ0v) is 17.7. The van der Waals surface area contributed by atoms with E-state index in [1.807, 2.05) is 0 Å². The van der Waals surface area contributed by atoms with Crippen molar-refractivity contribution in [3.05, 3.63) is 87.0 Å². The first kappa shape index (κ1) is 22.9. The fraction of sp³-hybridized carbons (Fsp3) is 0.100.